The van der Waals surface area contributed by atoms with Crippen LogP contribution in [0.5, 0.6) is 0 Å². The molecule has 0 saturated carbocycles. The van der Waals surface area contributed by atoms with Gasteiger partial charge in [0.2, 0.25) is 0 Å². The van der Waals surface area contributed by atoms with E-state index in [0.29, 0.717) is 6.54 Å². The molecule has 0 spiro atoms. The number of carbonyl (C=O) groups is 1. The average Bonchev–Trinajstić information content (AvgIpc) is 2.56. The van der Waals surface area contributed by atoms with Gasteiger partial charge in [-0.25, -0.2) is 4.79 Å². The van der Waals surface area contributed by atoms with E-state index in [2.05, 4.69) is 5.32 Å². The lowest BCUT2D eigenvalue weighted by Gasteiger charge is -2.11. The fourth-order valence-electron chi connectivity index (χ4n) is 0.969. The first-order valence-electron chi connectivity index (χ1n) is 4.26. The molecule has 4 heteroatoms. The third kappa shape index (κ3) is 3.19. The molecule has 0 saturated heterocycles. The van der Waals surface area contributed by atoms with E-state index in [9.17, 15) is 4.79 Å². The molecule has 1 heterocycles. The summed E-state index contributed by atoms with van der Waals surface area (Å²) in [6, 6.07) is 3.88. The first-order valence-corrected chi connectivity index (χ1v) is 4.26. The standard InChI is InChI=1S/C9H15N3O/c1-11(2)9(13)10-5-8-12-6-3-4-7-12/h3-4,6-7H,5,8H2,1-2H3,(H,10,13). The summed E-state index contributed by atoms with van der Waals surface area (Å²) >= 11 is 0. The van der Waals surface area contributed by atoms with Crippen molar-refractivity contribution >= 4 is 6.03 Å². The highest BCUT2D eigenvalue weighted by atomic mass is 16.2. The number of aromatic nitrogens is 1. The molecule has 0 bridgehead atoms. The molecule has 72 valence electrons. The van der Waals surface area contributed by atoms with E-state index in [-0.39, 0.29) is 6.03 Å². The number of rotatable bonds is 3. The number of carbonyl (C=O) groups excluding carboxylic acids is 1. The summed E-state index contributed by atoms with van der Waals surface area (Å²) in [5.41, 5.74) is 0. The van der Waals surface area contributed by atoms with Gasteiger partial charge in [-0.3, -0.25) is 0 Å². The van der Waals surface area contributed by atoms with Crippen LogP contribution >= 0.6 is 0 Å². The number of hydrogen-bond acceptors (Lipinski definition) is 1. The monoisotopic (exact) mass is 181 g/mol. The second-order valence-electron chi connectivity index (χ2n) is 3.05. The number of urea groups is 1. The maximum Gasteiger partial charge on any atom is 0.316 e. The molecule has 0 aliphatic carbocycles. The molecule has 0 fully saturated rings. The van der Waals surface area contributed by atoms with Gasteiger partial charge < -0.3 is 14.8 Å². The largest absolute Gasteiger partial charge is 0.353 e. The van der Waals surface area contributed by atoms with E-state index in [1.807, 2.05) is 29.1 Å². The zero-order valence-electron chi connectivity index (χ0n) is 8.03. The van der Waals surface area contributed by atoms with Gasteiger partial charge in [0, 0.05) is 39.6 Å². The molecule has 0 aliphatic heterocycles. The zero-order chi connectivity index (χ0) is 9.68. The molecule has 0 unspecified atom stereocenters. The molecule has 13 heavy (non-hydrogen) atoms. The predicted octanol–water partition coefficient (Wildman–Crippen LogP) is 0.759. The Morgan fingerprint density at radius 1 is 1.38 bits per heavy atom. The average molecular weight is 181 g/mol. The Morgan fingerprint density at radius 2 is 2.00 bits per heavy atom. The van der Waals surface area contributed by atoms with E-state index >= 15 is 0 Å². The minimum absolute atomic E-state index is 0.0489. The minimum atomic E-state index is -0.0489. The lowest BCUT2D eigenvalue weighted by molar-refractivity contribution is 0.217. The van der Waals surface area contributed by atoms with Crippen molar-refractivity contribution in [3.8, 4) is 0 Å². The van der Waals surface area contributed by atoms with Crippen LogP contribution in [0.3, 0.4) is 0 Å². The topological polar surface area (TPSA) is 37.3 Å². The highest BCUT2D eigenvalue weighted by Crippen LogP contribution is 1.88. The zero-order valence-corrected chi connectivity index (χ0v) is 8.03. The van der Waals surface area contributed by atoms with Gasteiger partial charge in [0.1, 0.15) is 0 Å². The van der Waals surface area contributed by atoms with Crippen molar-refractivity contribution in [1.82, 2.24) is 14.8 Å². The van der Waals surface area contributed by atoms with Crippen molar-refractivity contribution < 1.29 is 4.79 Å². The molecule has 0 aliphatic rings. The van der Waals surface area contributed by atoms with E-state index in [0.717, 1.165) is 6.54 Å². The highest BCUT2D eigenvalue weighted by Gasteiger charge is 2.00. The molecule has 0 radical (unpaired) electrons. The Balaban J connectivity index is 2.18. The van der Waals surface area contributed by atoms with Gasteiger partial charge in [0.15, 0.2) is 0 Å². The van der Waals surface area contributed by atoms with Crippen LogP contribution in [-0.4, -0.2) is 36.1 Å². The maximum absolute atomic E-state index is 11.1. The number of nitrogens with one attached hydrogen (secondary N) is 1. The van der Waals surface area contributed by atoms with Crippen molar-refractivity contribution in [2.24, 2.45) is 0 Å². The number of hydrogen-bond donors (Lipinski definition) is 1. The summed E-state index contributed by atoms with van der Waals surface area (Å²) in [6.45, 7) is 1.47. The summed E-state index contributed by atoms with van der Waals surface area (Å²) in [4.78, 5) is 12.6. The third-order valence-corrected chi connectivity index (χ3v) is 1.72. The van der Waals surface area contributed by atoms with Crippen LogP contribution in [0.2, 0.25) is 0 Å². The van der Waals surface area contributed by atoms with Crippen LogP contribution in [0.4, 0.5) is 4.79 Å². The van der Waals surface area contributed by atoms with E-state index in [1.165, 1.54) is 4.90 Å². The summed E-state index contributed by atoms with van der Waals surface area (Å²) in [5.74, 6) is 0. The summed E-state index contributed by atoms with van der Waals surface area (Å²) in [5, 5.41) is 2.79. The quantitative estimate of drug-likeness (QED) is 0.734. The first kappa shape index (κ1) is 9.64. The summed E-state index contributed by atoms with van der Waals surface area (Å²) in [6.07, 6.45) is 3.95. The Hall–Kier alpha value is -1.45. The molecular formula is C9H15N3O. The van der Waals surface area contributed by atoms with Crippen LogP contribution in [0, 0.1) is 0 Å². The number of nitrogens with zero attached hydrogens (tertiary/aromatic N) is 2. The molecular weight excluding hydrogens is 166 g/mol. The molecule has 0 aromatic carbocycles. The fraction of sp³-hybridized carbons (Fsp3) is 0.444. The molecule has 0 atom stereocenters. The Bertz CT molecular complexity index is 254. The molecule has 1 aromatic rings. The van der Waals surface area contributed by atoms with Gasteiger partial charge in [-0.05, 0) is 12.1 Å². The maximum atomic E-state index is 11.1. The second-order valence-corrected chi connectivity index (χ2v) is 3.05. The van der Waals surface area contributed by atoms with Crippen molar-refractivity contribution in [1.29, 1.82) is 0 Å². The lowest BCUT2D eigenvalue weighted by atomic mass is 10.6. The second kappa shape index (κ2) is 4.54. The fourth-order valence-corrected chi connectivity index (χ4v) is 0.969. The van der Waals surface area contributed by atoms with Crippen molar-refractivity contribution in [2.45, 2.75) is 6.54 Å². The van der Waals surface area contributed by atoms with Crippen molar-refractivity contribution in [3.05, 3.63) is 24.5 Å². The van der Waals surface area contributed by atoms with Gasteiger partial charge in [-0.1, -0.05) is 0 Å². The molecule has 1 aromatic heterocycles. The summed E-state index contributed by atoms with van der Waals surface area (Å²) < 4.78 is 2.02. The van der Waals surface area contributed by atoms with Crippen molar-refractivity contribution in [3.63, 3.8) is 0 Å². The summed E-state index contributed by atoms with van der Waals surface area (Å²) in [7, 11) is 3.45. The van der Waals surface area contributed by atoms with Crippen LogP contribution in [-0.2, 0) is 6.54 Å². The molecule has 1 rings (SSSR count). The molecule has 1 N–H and O–H groups in total. The third-order valence-electron chi connectivity index (χ3n) is 1.72. The first-order chi connectivity index (χ1) is 6.20. The van der Waals surface area contributed by atoms with Crippen LogP contribution in [0.15, 0.2) is 24.5 Å². The van der Waals surface area contributed by atoms with E-state index in [1.54, 1.807) is 14.1 Å². The Morgan fingerprint density at radius 3 is 2.54 bits per heavy atom. The Labute approximate surface area is 78.1 Å². The molecule has 4 nitrogen and oxygen atoms in total. The van der Waals surface area contributed by atoms with Gasteiger partial charge in [0.25, 0.3) is 0 Å². The lowest BCUT2D eigenvalue weighted by Crippen LogP contribution is -2.36. The van der Waals surface area contributed by atoms with E-state index in [4.69, 9.17) is 0 Å². The van der Waals surface area contributed by atoms with Gasteiger partial charge in [-0.2, -0.15) is 0 Å². The number of amides is 2. The van der Waals surface area contributed by atoms with Gasteiger partial charge in [-0.15, -0.1) is 0 Å². The van der Waals surface area contributed by atoms with Gasteiger partial charge >= 0.3 is 6.03 Å². The van der Waals surface area contributed by atoms with Crippen LogP contribution in [0.1, 0.15) is 0 Å². The predicted molar refractivity (Wildman–Crippen MR) is 51.5 cm³/mol. The highest BCUT2D eigenvalue weighted by molar-refractivity contribution is 5.73. The van der Waals surface area contributed by atoms with Crippen LogP contribution < -0.4 is 5.32 Å². The minimum Gasteiger partial charge on any atom is -0.353 e. The van der Waals surface area contributed by atoms with Gasteiger partial charge in [0.05, 0.1) is 0 Å². The molecule has 2 amide bonds. The van der Waals surface area contributed by atoms with Crippen LogP contribution in [0.25, 0.3) is 0 Å². The van der Waals surface area contributed by atoms with Crippen molar-refractivity contribution in [2.75, 3.05) is 20.6 Å². The SMILES string of the molecule is CN(C)C(=O)NCCn1cccc1. The smallest absolute Gasteiger partial charge is 0.316 e. The van der Waals surface area contributed by atoms with E-state index < -0.39 is 0 Å². The normalized spacial score (nSPS) is 9.69. The Kier molecular flexibility index (Phi) is 3.37.